The molecule has 1 nitrogen and oxygen atoms in total. The van der Waals surface area contributed by atoms with E-state index in [4.69, 9.17) is 4.74 Å². The SMILES string of the molecule is CCCC(CC)c1cc(F)cc(OC(C)C)c1. The molecule has 1 unspecified atom stereocenters. The van der Waals surface area contributed by atoms with E-state index in [2.05, 4.69) is 13.8 Å². The molecular weight excluding hydrogens is 215 g/mol. The van der Waals surface area contributed by atoms with Crippen molar-refractivity contribution in [1.82, 2.24) is 0 Å². The molecule has 2 heteroatoms. The smallest absolute Gasteiger partial charge is 0.127 e. The quantitative estimate of drug-likeness (QED) is 0.684. The van der Waals surface area contributed by atoms with Gasteiger partial charge in [0.2, 0.25) is 0 Å². The van der Waals surface area contributed by atoms with Crippen LogP contribution in [0.25, 0.3) is 0 Å². The number of hydrogen-bond donors (Lipinski definition) is 0. The average Bonchev–Trinajstić information content (AvgIpc) is 2.23. The number of rotatable bonds is 6. The average molecular weight is 238 g/mol. The monoisotopic (exact) mass is 238 g/mol. The Morgan fingerprint density at radius 1 is 1.18 bits per heavy atom. The van der Waals surface area contributed by atoms with Crippen LogP contribution in [-0.2, 0) is 0 Å². The molecule has 0 aliphatic rings. The summed E-state index contributed by atoms with van der Waals surface area (Å²) in [5.41, 5.74) is 1.06. The molecule has 1 aromatic rings. The van der Waals surface area contributed by atoms with Crippen LogP contribution in [0.3, 0.4) is 0 Å². The van der Waals surface area contributed by atoms with Gasteiger partial charge in [0.25, 0.3) is 0 Å². The molecule has 0 N–H and O–H groups in total. The second-order valence-electron chi connectivity index (χ2n) is 4.78. The maximum Gasteiger partial charge on any atom is 0.127 e. The zero-order valence-corrected chi connectivity index (χ0v) is 11.3. The van der Waals surface area contributed by atoms with Crippen LogP contribution in [0.5, 0.6) is 5.75 Å². The summed E-state index contributed by atoms with van der Waals surface area (Å²) in [7, 11) is 0. The maximum absolute atomic E-state index is 13.5. The zero-order chi connectivity index (χ0) is 12.8. The predicted molar refractivity (Wildman–Crippen MR) is 70.1 cm³/mol. The first-order chi connectivity index (χ1) is 8.06. The van der Waals surface area contributed by atoms with E-state index in [0.29, 0.717) is 11.7 Å². The van der Waals surface area contributed by atoms with Crippen molar-refractivity contribution in [3.05, 3.63) is 29.6 Å². The highest BCUT2D eigenvalue weighted by Crippen LogP contribution is 2.29. The summed E-state index contributed by atoms with van der Waals surface area (Å²) in [5.74, 6) is 0.877. The minimum Gasteiger partial charge on any atom is -0.491 e. The van der Waals surface area contributed by atoms with Gasteiger partial charge in [-0.05, 0) is 50.3 Å². The Bertz CT molecular complexity index is 347. The van der Waals surface area contributed by atoms with Gasteiger partial charge in [-0.2, -0.15) is 0 Å². The molecule has 0 spiro atoms. The molecule has 96 valence electrons. The van der Waals surface area contributed by atoms with E-state index >= 15 is 0 Å². The summed E-state index contributed by atoms with van der Waals surface area (Å²) in [6, 6.07) is 5.08. The summed E-state index contributed by atoms with van der Waals surface area (Å²) < 4.78 is 19.1. The van der Waals surface area contributed by atoms with Crippen molar-refractivity contribution in [3.8, 4) is 5.75 Å². The molecule has 1 atom stereocenters. The van der Waals surface area contributed by atoms with Crippen LogP contribution in [0.1, 0.15) is 58.4 Å². The number of hydrogen-bond acceptors (Lipinski definition) is 1. The number of benzene rings is 1. The summed E-state index contributed by atoms with van der Waals surface area (Å²) in [6.45, 7) is 8.21. The lowest BCUT2D eigenvalue weighted by Crippen LogP contribution is -2.07. The van der Waals surface area contributed by atoms with Crippen molar-refractivity contribution in [2.75, 3.05) is 0 Å². The van der Waals surface area contributed by atoms with Crippen molar-refractivity contribution < 1.29 is 9.13 Å². The molecule has 0 aromatic heterocycles. The first-order valence-corrected chi connectivity index (χ1v) is 6.53. The molecule has 1 rings (SSSR count). The van der Waals surface area contributed by atoms with E-state index in [-0.39, 0.29) is 11.9 Å². The molecule has 0 bridgehead atoms. The maximum atomic E-state index is 13.5. The van der Waals surface area contributed by atoms with E-state index in [1.165, 1.54) is 6.07 Å². The Labute approximate surface area is 104 Å². The normalized spacial score (nSPS) is 12.8. The molecule has 0 aliphatic heterocycles. The molecule has 0 aliphatic carbocycles. The van der Waals surface area contributed by atoms with E-state index in [9.17, 15) is 4.39 Å². The topological polar surface area (TPSA) is 9.23 Å². The lowest BCUT2D eigenvalue weighted by Gasteiger charge is -2.17. The lowest BCUT2D eigenvalue weighted by molar-refractivity contribution is 0.241. The Morgan fingerprint density at radius 3 is 2.41 bits per heavy atom. The Kier molecular flexibility index (Phi) is 5.46. The van der Waals surface area contributed by atoms with Crippen LogP contribution in [0.15, 0.2) is 18.2 Å². The second kappa shape index (κ2) is 6.63. The van der Waals surface area contributed by atoms with Gasteiger partial charge >= 0.3 is 0 Å². The van der Waals surface area contributed by atoms with Gasteiger partial charge in [0.1, 0.15) is 11.6 Å². The fourth-order valence-corrected chi connectivity index (χ4v) is 2.12. The van der Waals surface area contributed by atoms with Crippen LogP contribution in [-0.4, -0.2) is 6.10 Å². The highest BCUT2D eigenvalue weighted by Gasteiger charge is 2.11. The zero-order valence-electron chi connectivity index (χ0n) is 11.3. The standard InChI is InChI=1S/C15H23FO/c1-5-7-12(6-2)13-8-14(16)10-15(9-13)17-11(3)4/h8-12H,5-7H2,1-4H3. The highest BCUT2D eigenvalue weighted by atomic mass is 19.1. The predicted octanol–water partition coefficient (Wildman–Crippen LogP) is 4.91. The molecule has 0 heterocycles. The lowest BCUT2D eigenvalue weighted by atomic mass is 9.92. The summed E-state index contributed by atoms with van der Waals surface area (Å²) in [5, 5.41) is 0. The molecule has 0 amide bonds. The van der Waals surface area contributed by atoms with Crippen molar-refractivity contribution in [1.29, 1.82) is 0 Å². The summed E-state index contributed by atoms with van der Waals surface area (Å²) >= 11 is 0. The van der Waals surface area contributed by atoms with Crippen LogP contribution >= 0.6 is 0 Å². The van der Waals surface area contributed by atoms with E-state index < -0.39 is 0 Å². The third-order valence-electron chi connectivity index (χ3n) is 2.87. The van der Waals surface area contributed by atoms with Gasteiger partial charge in [-0.1, -0.05) is 20.3 Å². The fourth-order valence-electron chi connectivity index (χ4n) is 2.12. The van der Waals surface area contributed by atoms with Crippen LogP contribution in [0.4, 0.5) is 4.39 Å². The van der Waals surface area contributed by atoms with Crippen molar-refractivity contribution in [2.24, 2.45) is 0 Å². The van der Waals surface area contributed by atoms with Crippen molar-refractivity contribution in [3.63, 3.8) is 0 Å². The summed E-state index contributed by atoms with van der Waals surface area (Å²) in [6.07, 6.45) is 3.34. The van der Waals surface area contributed by atoms with Gasteiger partial charge in [0, 0.05) is 6.07 Å². The molecule has 1 aromatic carbocycles. The second-order valence-corrected chi connectivity index (χ2v) is 4.78. The van der Waals surface area contributed by atoms with Gasteiger partial charge in [0.15, 0.2) is 0 Å². The van der Waals surface area contributed by atoms with Crippen LogP contribution < -0.4 is 4.74 Å². The molecule has 0 saturated heterocycles. The largest absolute Gasteiger partial charge is 0.491 e. The number of ether oxygens (including phenoxy) is 1. The third kappa shape index (κ3) is 4.37. The molecule has 0 saturated carbocycles. The van der Waals surface area contributed by atoms with Crippen molar-refractivity contribution >= 4 is 0 Å². The van der Waals surface area contributed by atoms with Gasteiger partial charge in [0.05, 0.1) is 6.10 Å². The Balaban J connectivity index is 2.94. The van der Waals surface area contributed by atoms with Gasteiger partial charge in [-0.15, -0.1) is 0 Å². The highest BCUT2D eigenvalue weighted by molar-refractivity contribution is 5.32. The van der Waals surface area contributed by atoms with Crippen LogP contribution in [0, 0.1) is 5.82 Å². The molecule has 0 fully saturated rings. The van der Waals surface area contributed by atoms with Gasteiger partial charge in [-0.25, -0.2) is 4.39 Å². The number of halogens is 1. The minimum atomic E-state index is -0.201. The Hall–Kier alpha value is -1.05. The molecular formula is C15H23FO. The van der Waals surface area contributed by atoms with E-state index in [1.54, 1.807) is 6.07 Å². The summed E-state index contributed by atoms with van der Waals surface area (Å²) in [4.78, 5) is 0. The molecule has 17 heavy (non-hydrogen) atoms. The minimum absolute atomic E-state index is 0.0795. The first-order valence-electron chi connectivity index (χ1n) is 6.53. The molecule has 0 radical (unpaired) electrons. The van der Waals surface area contributed by atoms with E-state index in [1.807, 2.05) is 19.9 Å². The van der Waals surface area contributed by atoms with Crippen molar-refractivity contribution in [2.45, 2.75) is 59.0 Å². The fraction of sp³-hybridized carbons (Fsp3) is 0.600. The van der Waals surface area contributed by atoms with Gasteiger partial charge < -0.3 is 4.74 Å². The van der Waals surface area contributed by atoms with E-state index in [0.717, 1.165) is 24.8 Å². The first kappa shape index (κ1) is 14.0. The Morgan fingerprint density at radius 2 is 1.88 bits per heavy atom. The third-order valence-corrected chi connectivity index (χ3v) is 2.87. The van der Waals surface area contributed by atoms with Gasteiger partial charge in [-0.3, -0.25) is 0 Å². The van der Waals surface area contributed by atoms with Crippen LogP contribution in [0.2, 0.25) is 0 Å².